The third kappa shape index (κ3) is 13.5. The molecule has 0 aromatic heterocycles. The molecule has 1 aliphatic rings. The van der Waals surface area contributed by atoms with E-state index in [1.54, 1.807) is 0 Å². The smallest absolute Gasteiger partial charge is 0.305 e. The Kier molecular flexibility index (Phi) is 13.2. The maximum atomic E-state index is 11.2. The van der Waals surface area contributed by atoms with Crippen molar-refractivity contribution in [2.45, 2.75) is 135 Å². The van der Waals surface area contributed by atoms with Gasteiger partial charge in [0.05, 0.1) is 19.3 Å². The Balaban J connectivity index is 2.51. The number of hydrogen-bond donors (Lipinski definition) is 0. The maximum Gasteiger partial charge on any atom is 0.305 e. The van der Waals surface area contributed by atoms with Crippen LogP contribution < -0.4 is 0 Å². The number of unbranched alkanes of at least 4 members (excludes halogenated alkanes) is 6. The van der Waals surface area contributed by atoms with Gasteiger partial charge in [-0.1, -0.05) is 64.0 Å². The van der Waals surface area contributed by atoms with E-state index in [0.29, 0.717) is 6.42 Å². The first kappa shape index (κ1) is 28.3. The van der Waals surface area contributed by atoms with Gasteiger partial charge in [-0.3, -0.25) is 4.79 Å². The Hall–Kier alpha value is -0.693. The van der Waals surface area contributed by atoms with Gasteiger partial charge in [0.1, 0.15) is 6.10 Å². The standard InChI is InChI=1S/C25H48O5Si/c1-8-9-13-16-21(30-31(5,6)7)19-20-23-22(28-25(2,3)29-23)17-14-11-10-12-15-18-24(26)27-4/h19-23H,8-18H2,1-7H3/b20-19+. The molecule has 0 amide bonds. The molecule has 1 rings (SSSR count). The SMILES string of the molecule is CCCCCC(/C=C/C1OC(C)(C)OC1CCCCCCCC(=O)OC)O[Si](C)(C)C. The van der Waals surface area contributed by atoms with Crippen LogP contribution in [0, 0.1) is 0 Å². The second-order valence-electron chi connectivity index (χ2n) is 10.2. The van der Waals surface area contributed by atoms with Crippen molar-refractivity contribution < 1.29 is 23.4 Å². The van der Waals surface area contributed by atoms with Crippen molar-refractivity contribution in [2.75, 3.05) is 7.11 Å². The van der Waals surface area contributed by atoms with Crippen molar-refractivity contribution in [1.82, 2.24) is 0 Å². The zero-order valence-corrected chi connectivity index (χ0v) is 22.2. The Morgan fingerprint density at radius 3 is 2.35 bits per heavy atom. The van der Waals surface area contributed by atoms with Crippen LogP contribution in [-0.2, 0) is 23.4 Å². The van der Waals surface area contributed by atoms with Crippen molar-refractivity contribution in [3.8, 4) is 0 Å². The number of rotatable bonds is 16. The van der Waals surface area contributed by atoms with Gasteiger partial charge in [0.25, 0.3) is 0 Å². The summed E-state index contributed by atoms with van der Waals surface area (Å²) in [7, 11) is -0.154. The highest BCUT2D eigenvalue weighted by Crippen LogP contribution is 2.32. The van der Waals surface area contributed by atoms with Crippen LogP contribution >= 0.6 is 0 Å². The highest BCUT2D eigenvalue weighted by Gasteiger charge is 2.39. The van der Waals surface area contributed by atoms with Crippen LogP contribution in [0.2, 0.25) is 19.6 Å². The van der Waals surface area contributed by atoms with E-state index < -0.39 is 14.1 Å². The van der Waals surface area contributed by atoms with Crippen molar-refractivity contribution >= 4 is 14.3 Å². The molecule has 1 aliphatic heterocycles. The van der Waals surface area contributed by atoms with E-state index in [1.807, 2.05) is 13.8 Å². The average molecular weight is 457 g/mol. The van der Waals surface area contributed by atoms with Crippen LogP contribution in [0.4, 0.5) is 0 Å². The Bertz CT molecular complexity index is 526. The van der Waals surface area contributed by atoms with E-state index in [-0.39, 0.29) is 24.3 Å². The largest absolute Gasteiger partial charge is 0.469 e. The van der Waals surface area contributed by atoms with Gasteiger partial charge in [0.2, 0.25) is 0 Å². The van der Waals surface area contributed by atoms with Crippen LogP contribution in [0.25, 0.3) is 0 Å². The van der Waals surface area contributed by atoms with Crippen LogP contribution in [0.15, 0.2) is 12.2 Å². The lowest BCUT2D eigenvalue weighted by molar-refractivity contribution is -0.143. The monoisotopic (exact) mass is 456 g/mol. The molecule has 0 spiro atoms. The van der Waals surface area contributed by atoms with Gasteiger partial charge >= 0.3 is 5.97 Å². The number of methoxy groups -OCH3 is 1. The zero-order chi connectivity index (χ0) is 23.3. The van der Waals surface area contributed by atoms with Crippen molar-refractivity contribution in [3.05, 3.63) is 12.2 Å². The number of esters is 1. The summed E-state index contributed by atoms with van der Waals surface area (Å²) in [6.07, 6.45) is 16.3. The molecule has 0 radical (unpaired) electrons. The summed E-state index contributed by atoms with van der Waals surface area (Å²) in [5.41, 5.74) is 0. The molecule has 0 aliphatic carbocycles. The lowest BCUT2D eigenvalue weighted by atomic mass is 10.0. The van der Waals surface area contributed by atoms with Gasteiger partial charge in [0, 0.05) is 6.42 Å². The molecule has 0 aromatic carbocycles. The Morgan fingerprint density at radius 2 is 1.71 bits per heavy atom. The number of ether oxygens (including phenoxy) is 3. The molecule has 3 atom stereocenters. The molecule has 0 N–H and O–H groups in total. The molecule has 1 heterocycles. The van der Waals surface area contributed by atoms with Crippen LogP contribution in [0.3, 0.4) is 0 Å². The minimum Gasteiger partial charge on any atom is -0.469 e. The topological polar surface area (TPSA) is 54.0 Å². The molecule has 1 fully saturated rings. The van der Waals surface area contributed by atoms with Gasteiger partial charge in [-0.15, -0.1) is 0 Å². The van der Waals surface area contributed by atoms with Gasteiger partial charge < -0.3 is 18.6 Å². The summed E-state index contributed by atoms with van der Waals surface area (Å²) < 4.78 is 23.5. The molecular formula is C25H48O5Si. The predicted octanol–water partition coefficient (Wildman–Crippen LogP) is 6.77. The van der Waals surface area contributed by atoms with E-state index in [1.165, 1.54) is 26.4 Å². The molecule has 1 saturated heterocycles. The minimum atomic E-state index is -1.60. The van der Waals surface area contributed by atoms with E-state index >= 15 is 0 Å². The molecule has 0 aromatic rings. The number of hydrogen-bond acceptors (Lipinski definition) is 5. The second kappa shape index (κ2) is 14.5. The molecule has 0 bridgehead atoms. The molecule has 0 saturated carbocycles. The Labute approximate surface area is 192 Å². The van der Waals surface area contributed by atoms with Crippen LogP contribution in [0.5, 0.6) is 0 Å². The summed E-state index contributed by atoms with van der Waals surface area (Å²) in [5.74, 6) is -0.656. The fourth-order valence-electron chi connectivity index (χ4n) is 3.97. The third-order valence-corrected chi connectivity index (χ3v) is 6.44. The van der Waals surface area contributed by atoms with Gasteiger partial charge in [-0.05, 0) is 52.8 Å². The van der Waals surface area contributed by atoms with Crippen molar-refractivity contribution in [2.24, 2.45) is 0 Å². The lowest BCUT2D eigenvalue weighted by Gasteiger charge is -2.25. The zero-order valence-electron chi connectivity index (χ0n) is 21.2. The molecular weight excluding hydrogens is 408 g/mol. The van der Waals surface area contributed by atoms with Crippen molar-refractivity contribution in [3.63, 3.8) is 0 Å². The lowest BCUT2D eigenvalue weighted by Crippen LogP contribution is -2.31. The molecule has 31 heavy (non-hydrogen) atoms. The first-order valence-electron chi connectivity index (χ1n) is 12.3. The van der Waals surface area contributed by atoms with Gasteiger partial charge in [-0.2, -0.15) is 0 Å². The predicted molar refractivity (Wildman–Crippen MR) is 130 cm³/mol. The van der Waals surface area contributed by atoms with Gasteiger partial charge in [0.15, 0.2) is 14.1 Å². The quantitative estimate of drug-likeness (QED) is 0.111. The summed E-state index contributed by atoms with van der Waals surface area (Å²) in [6, 6.07) is 0. The molecule has 182 valence electrons. The number of carbonyl (C=O) groups is 1. The summed E-state index contributed by atoms with van der Waals surface area (Å²) in [4.78, 5) is 11.2. The fraction of sp³-hybridized carbons (Fsp3) is 0.880. The average Bonchev–Trinajstić information content (AvgIpc) is 2.97. The van der Waals surface area contributed by atoms with Crippen molar-refractivity contribution in [1.29, 1.82) is 0 Å². The van der Waals surface area contributed by atoms with E-state index in [9.17, 15) is 4.79 Å². The molecule has 5 nitrogen and oxygen atoms in total. The third-order valence-electron chi connectivity index (χ3n) is 5.43. The normalized spacial score (nSPS) is 22.2. The molecule has 6 heteroatoms. The summed E-state index contributed by atoms with van der Waals surface area (Å²) >= 11 is 0. The van der Waals surface area contributed by atoms with Crippen LogP contribution in [0.1, 0.15) is 91.4 Å². The van der Waals surface area contributed by atoms with Crippen LogP contribution in [-0.4, -0.2) is 45.5 Å². The number of carbonyl (C=O) groups excluding carboxylic acids is 1. The van der Waals surface area contributed by atoms with E-state index in [4.69, 9.17) is 13.9 Å². The first-order chi connectivity index (χ1) is 14.6. The minimum absolute atomic E-state index is 0.0202. The molecule has 3 unspecified atom stereocenters. The summed E-state index contributed by atoms with van der Waals surface area (Å²) in [6.45, 7) is 13.0. The second-order valence-corrected chi connectivity index (χ2v) is 14.6. The highest BCUT2D eigenvalue weighted by molar-refractivity contribution is 6.69. The van der Waals surface area contributed by atoms with Gasteiger partial charge in [-0.25, -0.2) is 0 Å². The highest BCUT2D eigenvalue weighted by atomic mass is 28.4. The Morgan fingerprint density at radius 1 is 1.03 bits per heavy atom. The van der Waals surface area contributed by atoms with E-state index in [2.05, 4.69) is 43.5 Å². The first-order valence-corrected chi connectivity index (χ1v) is 15.8. The summed E-state index contributed by atoms with van der Waals surface area (Å²) in [5, 5.41) is 0. The fourth-order valence-corrected chi connectivity index (χ4v) is 5.08. The van der Waals surface area contributed by atoms with E-state index in [0.717, 1.165) is 44.9 Å². The maximum absolute atomic E-state index is 11.2.